The van der Waals surface area contributed by atoms with E-state index >= 15 is 0 Å². The van der Waals surface area contributed by atoms with Crippen LogP contribution in [0.2, 0.25) is 0 Å². The third-order valence-electron chi connectivity index (χ3n) is 3.86. The number of amides is 2. The molecule has 0 radical (unpaired) electrons. The Morgan fingerprint density at radius 1 is 1.20 bits per heavy atom. The standard InChI is InChI=1S/C12H20N2O5S/c1-13(10-5-7-20(18,19)8-10)12(17)14(9-2-3-9)6-4-11(15)16/h9-10H,2-8H2,1H3,(H,15,16). The van der Waals surface area contributed by atoms with Gasteiger partial charge in [0.05, 0.1) is 17.9 Å². The Morgan fingerprint density at radius 3 is 2.30 bits per heavy atom. The second-order valence-corrected chi connectivity index (χ2v) is 7.75. The van der Waals surface area contributed by atoms with Gasteiger partial charge in [-0.2, -0.15) is 0 Å². The van der Waals surface area contributed by atoms with Crippen LogP contribution in [0.4, 0.5) is 4.79 Å². The molecular weight excluding hydrogens is 284 g/mol. The molecule has 8 heteroatoms. The number of nitrogens with zero attached hydrogens (tertiary/aromatic N) is 2. The second kappa shape index (κ2) is 5.59. The molecule has 1 heterocycles. The molecule has 2 rings (SSSR count). The molecule has 1 saturated carbocycles. The van der Waals surface area contributed by atoms with Crippen LogP contribution in [-0.4, -0.2) is 72.5 Å². The lowest BCUT2D eigenvalue weighted by molar-refractivity contribution is -0.137. The van der Waals surface area contributed by atoms with Crippen LogP contribution < -0.4 is 0 Å². The minimum absolute atomic E-state index is 0.00662. The van der Waals surface area contributed by atoms with Crippen LogP contribution in [0.15, 0.2) is 0 Å². The minimum atomic E-state index is -3.04. The first-order chi connectivity index (χ1) is 9.30. The third-order valence-corrected chi connectivity index (χ3v) is 5.61. The van der Waals surface area contributed by atoms with Gasteiger partial charge in [0.15, 0.2) is 9.84 Å². The minimum Gasteiger partial charge on any atom is -0.481 e. The Bertz CT molecular complexity index is 500. The van der Waals surface area contributed by atoms with E-state index in [0.29, 0.717) is 6.42 Å². The summed E-state index contributed by atoms with van der Waals surface area (Å²) in [4.78, 5) is 26.1. The van der Waals surface area contributed by atoms with Gasteiger partial charge in [-0.1, -0.05) is 0 Å². The summed E-state index contributed by atoms with van der Waals surface area (Å²) in [5.41, 5.74) is 0. The lowest BCUT2D eigenvalue weighted by atomic mass is 10.2. The molecule has 2 aliphatic rings. The van der Waals surface area contributed by atoms with Gasteiger partial charge in [-0.3, -0.25) is 4.79 Å². The number of carboxylic acids is 1. The van der Waals surface area contributed by atoms with E-state index in [1.165, 1.54) is 4.90 Å². The van der Waals surface area contributed by atoms with Crippen molar-refractivity contribution in [3.63, 3.8) is 0 Å². The number of hydrogen-bond donors (Lipinski definition) is 1. The molecule has 1 aliphatic carbocycles. The Hall–Kier alpha value is -1.31. The summed E-state index contributed by atoms with van der Waals surface area (Å²) in [6.07, 6.45) is 2.16. The summed E-state index contributed by atoms with van der Waals surface area (Å²) in [6.45, 7) is 0.183. The average Bonchev–Trinajstić information content (AvgIpc) is 3.12. The summed E-state index contributed by atoms with van der Waals surface area (Å²) in [5.74, 6) is -0.810. The summed E-state index contributed by atoms with van der Waals surface area (Å²) in [6, 6.07) is -0.434. The maximum absolute atomic E-state index is 12.4. The van der Waals surface area contributed by atoms with E-state index in [-0.39, 0.29) is 42.6 Å². The van der Waals surface area contributed by atoms with Gasteiger partial charge in [-0.05, 0) is 19.3 Å². The maximum Gasteiger partial charge on any atom is 0.320 e. The molecule has 114 valence electrons. The van der Waals surface area contributed by atoms with Crippen LogP contribution in [0.1, 0.15) is 25.7 Å². The smallest absolute Gasteiger partial charge is 0.320 e. The van der Waals surface area contributed by atoms with Crippen LogP contribution in [0, 0.1) is 0 Å². The lowest BCUT2D eigenvalue weighted by Gasteiger charge is -2.31. The van der Waals surface area contributed by atoms with E-state index in [1.54, 1.807) is 11.9 Å². The number of sulfone groups is 1. The Morgan fingerprint density at radius 2 is 1.85 bits per heavy atom. The molecule has 0 bridgehead atoms. The van der Waals surface area contributed by atoms with Crippen molar-refractivity contribution in [1.82, 2.24) is 9.80 Å². The third kappa shape index (κ3) is 3.62. The summed E-state index contributed by atoms with van der Waals surface area (Å²) in [7, 11) is -1.44. The highest BCUT2D eigenvalue weighted by atomic mass is 32.2. The Balaban J connectivity index is 1.98. The maximum atomic E-state index is 12.4. The zero-order valence-corrected chi connectivity index (χ0v) is 12.3. The molecule has 1 saturated heterocycles. The van der Waals surface area contributed by atoms with Crippen molar-refractivity contribution in [3.05, 3.63) is 0 Å². The first kappa shape index (κ1) is 15.1. The van der Waals surface area contributed by atoms with Crippen LogP contribution >= 0.6 is 0 Å². The number of aliphatic carboxylic acids is 1. The van der Waals surface area contributed by atoms with E-state index < -0.39 is 15.8 Å². The quantitative estimate of drug-likeness (QED) is 0.781. The summed E-state index contributed by atoms with van der Waals surface area (Å²) in [5, 5.41) is 8.73. The molecular formula is C12H20N2O5S. The van der Waals surface area contributed by atoms with Crippen LogP contribution in [0.25, 0.3) is 0 Å². The fourth-order valence-electron chi connectivity index (χ4n) is 2.48. The molecule has 20 heavy (non-hydrogen) atoms. The fourth-order valence-corrected chi connectivity index (χ4v) is 4.25. The first-order valence-electron chi connectivity index (χ1n) is 6.76. The van der Waals surface area contributed by atoms with Gasteiger partial charge in [0.2, 0.25) is 0 Å². The topological polar surface area (TPSA) is 95.0 Å². The van der Waals surface area contributed by atoms with Crippen molar-refractivity contribution >= 4 is 21.8 Å². The molecule has 0 aromatic heterocycles. The van der Waals surface area contributed by atoms with Crippen molar-refractivity contribution in [3.8, 4) is 0 Å². The molecule has 0 aromatic carbocycles. The van der Waals surface area contributed by atoms with E-state index in [1.807, 2.05) is 0 Å². The molecule has 0 spiro atoms. The zero-order chi connectivity index (χ0) is 14.9. The molecule has 1 aliphatic heterocycles. The van der Waals surface area contributed by atoms with Crippen molar-refractivity contribution < 1.29 is 23.1 Å². The molecule has 1 atom stereocenters. The van der Waals surface area contributed by atoms with Gasteiger partial charge in [-0.15, -0.1) is 0 Å². The Kier molecular flexibility index (Phi) is 4.22. The van der Waals surface area contributed by atoms with Crippen LogP contribution in [0.3, 0.4) is 0 Å². The van der Waals surface area contributed by atoms with E-state index in [4.69, 9.17) is 5.11 Å². The van der Waals surface area contributed by atoms with E-state index in [9.17, 15) is 18.0 Å². The monoisotopic (exact) mass is 304 g/mol. The van der Waals surface area contributed by atoms with Gasteiger partial charge < -0.3 is 14.9 Å². The average molecular weight is 304 g/mol. The number of hydrogen-bond acceptors (Lipinski definition) is 4. The fraction of sp³-hybridized carbons (Fsp3) is 0.833. The highest BCUT2D eigenvalue weighted by Crippen LogP contribution is 2.29. The number of rotatable bonds is 5. The summed E-state index contributed by atoms with van der Waals surface area (Å²) >= 11 is 0. The van der Waals surface area contributed by atoms with Crippen LogP contribution in [0.5, 0.6) is 0 Å². The van der Waals surface area contributed by atoms with Gasteiger partial charge in [0.1, 0.15) is 0 Å². The van der Waals surface area contributed by atoms with Crippen molar-refractivity contribution in [2.75, 3.05) is 25.1 Å². The van der Waals surface area contributed by atoms with Crippen LogP contribution in [-0.2, 0) is 14.6 Å². The SMILES string of the molecule is CN(C(=O)N(CCC(=O)O)C1CC1)C1CCS(=O)(=O)C1. The van der Waals surface area contributed by atoms with Gasteiger partial charge in [0, 0.05) is 25.7 Å². The molecule has 0 aromatic rings. The van der Waals surface area contributed by atoms with E-state index in [0.717, 1.165) is 12.8 Å². The first-order valence-corrected chi connectivity index (χ1v) is 8.58. The molecule has 1 N–H and O–H groups in total. The second-order valence-electron chi connectivity index (χ2n) is 5.52. The highest BCUT2D eigenvalue weighted by molar-refractivity contribution is 7.91. The molecule has 2 fully saturated rings. The van der Waals surface area contributed by atoms with E-state index in [2.05, 4.69) is 0 Å². The van der Waals surface area contributed by atoms with Crippen molar-refractivity contribution in [2.45, 2.75) is 37.8 Å². The highest BCUT2D eigenvalue weighted by Gasteiger charge is 2.38. The normalized spacial score (nSPS) is 24.4. The Labute approximate surface area is 118 Å². The predicted octanol–water partition coefficient (Wildman–Crippen LogP) is 0.164. The molecule has 1 unspecified atom stereocenters. The molecule has 7 nitrogen and oxygen atoms in total. The van der Waals surface area contributed by atoms with Crippen molar-refractivity contribution in [2.24, 2.45) is 0 Å². The predicted molar refractivity (Wildman–Crippen MR) is 72.2 cm³/mol. The van der Waals surface area contributed by atoms with Crippen molar-refractivity contribution in [1.29, 1.82) is 0 Å². The number of carbonyl (C=O) groups is 2. The molecule has 2 amide bonds. The summed E-state index contributed by atoms with van der Waals surface area (Å²) < 4.78 is 22.9. The lowest BCUT2D eigenvalue weighted by Crippen LogP contribution is -2.48. The number of carboxylic acid groups (broad SMARTS) is 1. The largest absolute Gasteiger partial charge is 0.481 e. The number of carbonyl (C=O) groups excluding carboxylic acids is 1. The van der Waals surface area contributed by atoms with Gasteiger partial charge in [-0.25, -0.2) is 13.2 Å². The van der Waals surface area contributed by atoms with Gasteiger partial charge in [0.25, 0.3) is 0 Å². The zero-order valence-electron chi connectivity index (χ0n) is 11.5. The van der Waals surface area contributed by atoms with Gasteiger partial charge >= 0.3 is 12.0 Å². The number of urea groups is 1.